The number of benzene rings is 1. The molecule has 8 nitrogen and oxygen atoms in total. The number of carbonyl (C=O) groups excluding carboxylic acids is 1. The number of carbonyl (C=O) groups is 1. The molecule has 1 aromatic heterocycles. The zero-order chi connectivity index (χ0) is 21.0. The average molecular weight is 427 g/mol. The van der Waals surface area contributed by atoms with Gasteiger partial charge in [-0.2, -0.15) is 0 Å². The average Bonchev–Trinajstić information content (AvgIpc) is 3.29. The lowest BCUT2D eigenvalue weighted by atomic mass is 10.1. The van der Waals surface area contributed by atoms with E-state index in [0.29, 0.717) is 31.3 Å². The van der Waals surface area contributed by atoms with E-state index in [0.717, 1.165) is 70.2 Å². The first kappa shape index (κ1) is 20.3. The molecule has 166 valence electrons. The van der Waals surface area contributed by atoms with Crippen LogP contribution in [0.25, 0.3) is 0 Å². The summed E-state index contributed by atoms with van der Waals surface area (Å²) in [5, 5.41) is 0. The Kier molecular flexibility index (Phi) is 6.08. The van der Waals surface area contributed by atoms with Crippen LogP contribution < -0.4 is 9.47 Å². The number of fused-ring (bicyclic) bond motifs is 1. The van der Waals surface area contributed by atoms with Gasteiger partial charge in [-0.25, -0.2) is 4.98 Å². The van der Waals surface area contributed by atoms with Gasteiger partial charge in [-0.1, -0.05) is 6.07 Å². The van der Waals surface area contributed by atoms with Gasteiger partial charge in [0.25, 0.3) is 5.91 Å². The van der Waals surface area contributed by atoms with Gasteiger partial charge in [0.1, 0.15) is 19.5 Å². The maximum atomic E-state index is 12.6. The standard InChI is InChI=1S/C23H30N4O4/c28-23(27-6-2-1-3-7-27)19-17-31-22(24-19)16-26-10-8-25(9-11-26)15-18-4-5-20-21(14-18)30-13-12-29-20/h4-5,14,17H,1-3,6-13,15-16H2. The van der Waals surface area contributed by atoms with Gasteiger partial charge in [0.05, 0.1) is 6.54 Å². The van der Waals surface area contributed by atoms with E-state index in [1.165, 1.54) is 18.2 Å². The number of ether oxygens (including phenoxy) is 2. The van der Waals surface area contributed by atoms with E-state index in [9.17, 15) is 4.79 Å². The van der Waals surface area contributed by atoms with Gasteiger partial charge in [-0.05, 0) is 37.0 Å². The highest BCUT2D eigenvalue weighted by atomic mass is 16.6. The van der Waals surface area contributed by atoms with E-state index in [-0.39, 0.29) is 5.91 Å². The highest BCUT2D eigenvalue weighted by Crippen LogP contribution is 2.31. The van der Waals surface area contributed by atoms with Gasteiger partial charge in [0.15, 0.2) is 17.2 Å². The van der Waals surface area contributed by atoms with Crippen LogP contribution in [0.1, 0.15) is 41.2 Å². The lowest BCUT2D eigenvalue weighted by Gasteiger charge is -2.34. The Bertz CT molecular complexity index is 901. The van der Waals surface area contributed by atoms with E-state index in [1.807, 2.05) is 11.0 Å². The predicted octanol–water partition coefficient (Wildman–Crippen LogP) is 2.39. The van der Waals surface area contributed by atoms with Gasteiger partial charge in [-0.15, -0.1) is 0 Å². The van der Waals surface area contributed by atoms with Crippen molar-refractivity contribution in [3.8, 4) is 11.5 Å². The fraction of sp³-hybridized carbons (Fsp3) is 0.565. The predicted molar refractivity (Wildman–Crippen MR) is 114 cm³/mol. The number of piperidine rings is 1. The van der Waals surface area contributed by atoms with E-state index < -0.39 is 0 Å². The molecule has 2 aromatic rings. The lowest BCUT2D eigenvalue weighted by Crippen LogP contribution is -2.45. The quantitative estimate of drug-likeness (QED) is 0.727. The Hall–Kier alpha value is -2.58. The molecule has 0 saturated carbocycles. The minimum atomic E-state index is -0.000974. The molecule has 2 saturated heterocycles. The largest absolute Gasteiger partial charge is 0.486 e. The summed E-state index contributed by atoms with van der Waals surface area (Å²) in [5.74, 6) is 2.31. The molecule has 0 unspecified atom stereocenters. The maximum Gasteiger partial charge on any atom is 0.275 e. The minimum Gasteiger partial charge on any atom is -0.486 e. The molecule has 31 heavy (non-hydrogen) atoms. The smallest absolute Gasteiger partial charge is 0.275 e. The van der Waals surface area contributed by atoms with Crippen molar-refractivity contribution in [2.75, 3.05) is 52.5 Å². The Morgan fingerprint density at radius 1 is 0.871 bits per heavy atom. The molecule has 0 bridgehead atoms. The molecule has 1 amide bonds. The van der Waals surface area contributed by atoms with Gasteiger partial charge >= 0.3 is 0 Å². The fourth-order valence-corrected chi connectivity index (χ4v) is 4.48. The molecule has 0 aliphatic carbocycles. The molecule has 2 fully saturated rings. The number of hydrogen-bond acceptors (Lipinski definition) is 7. The highest BCUT2D eigenvalue weighted by molar-refractivity contribution is 5.92. The lowest BCUT2D eigenvalue weighted by molar-refractivity contribution is 0.0718. The molecule has 3 aliphatic rings. The summed E-state index contributed by atoms with van der Waals surface area (Å²) in [7, 11) is 0. The first-order valence-electron chi connectivity index (χ1n) is 11.3. The van der Waals surface area contributed by atoms with Crippen LogP contribution in [-0.2, 0) is 13.1 Å². The minimum absolute atomic E-state index is 0.000974. The highest BCUT2D eigenvalue weighted by Gasteiger charge is 2.23. The first-order valence-corrected chi connectivity index (χ1v) is 11.3. The van der Waals surface area contributed by atoms with Gasteiger partial charge in [0.2, 0.25) is 5.89 Å². The van der Waals surface area contributed by atoms with Crippen LogP contribution in [-0.4, -0.2) is 78.1 Å². The second-order valence-electron chi connectivity index (χ2n) is 8.51. The molecule has 3 aliphatic heterocycles. The molecule has 0 atom stereocenters. The number of piperazine rings is 1. The van der Waals surface area contributed by atoms with Gasteiger partial charge in [0, 0.05) is 45.8 Å². The number of aromatic nitrogens is 1. The van der Waals surface area contributed by atoms with E-state index in [1.54, 1.807) is 0 Å². The number of hydrogen-bond donors (Lipinski definition) is 0. The zero-order valence-corrected chi connectivity index (χ0v) is 17.9. The van der Waals surface area contributed by atoms with Crippen LogP contribution in [0.2, 0.25) is 0 Å². The topological polar surface area (TPSA) is 71.3 Å². The molecule has 4 heterocycles. The summed E-state index contributed by atoms with van der Waals surface area (Å²) >= 11 is 0. The zero-order valence-electron chi connectivity index (χ0n) is 17.9. The molecule has 0 radical (unpaired) electrons. The molecule has 0 spiro atoms. The van der Waals surface area contributed by atoms with E-state index >= 15 is 0 Å². The first-order chi connectivity index (χ1) is 15.2. The summed E-state index contributed by atoms with van der Waals surface area (Å²) in [5.41, 5.74) is 1.68. The Balaban J connectivity index is 1.10. The number of nitrogens with zero attached hydrogens (tertiary/aromatic N) is 4. The van der Waals surface area contributed by atoms with E-state index in [2.05, 4.69) is 26.9 Å². The maximum absolute atomic E-state index is 12.6. The van der Waals surface area contributed by atoms with Crippen molar-refractivity contribution in [3.05, 3.63) is 41.6 Å². The number of amides is 1. The normalized spacial score (nSPS) is 20.1. The fourth-order valence-electron chi connectivity index (χ4n) is 4.48. The third-order valence-corrected chi connectivity index (χ3v) is 6.25. The Labute approximate surface area is 182 Å². The van der Waals surface area contributed by atoms with Gasteiger partial charge < -0.3 is 18.8 Å². The molecule has 0 N–H and O–H groups in total. The van der Waals surface area contributed by atoms with Crippen molar-refractivity contribution in [3.63, 3.8) is 0 Å². The summed E-state index contributed by atoms with van der Waals surface area (Å²) in [6.45, 7) is 8.28. The number of likely N-dealkylation sites (tertiary alicyclic amines) is 1. The van der Waals surface area contributed by atoms with Crippen molar-refractivity contribution in [2.24, 2.45) is 0 Å². The Morgan fingerprint density at radius 3 is 2.35 bits per heavy atom. The third kappa shape index (κ3) is 4.85. The van der Waals surface area contributed by atoms with Crippen LogP contribution in [0, 0.1) is 0 Å². The number of oxazole rings is 1. The molecule has 1 aromatic carbocycles. The van der Waals surface area contributed by atoms with E-state index in [4.69, 9.17) is 13.9 Å². The third-order valence-electron chi connectivity index (χ3n) is 6.25. The molecular formula is C23H30N4O4. The van der Waals surface area contributed by atoms with Crippen LogP contribution in [0.5, 0.6) is 11.5 Å². The molecular weight excluding hydrogens is 396 g/mol. The summed E-state index contributed by atoms with van der Waals surface area (Å²) in [6.07, 6.45) is 4.87. The van der Waals surface area contributed by atoms with Crippen molar-refractivity contribution in [1.29, 1.82) is 0 Å². The Morgan fingerprint density at radius 2 is 1.58 bits per heavy atom. The summed E-state index contributed by atoms with van der Waals surface area (Å²) in [6, 6.07) is 6.22. The van der Waals surface area contributed by atoms with Crippen LogP contribution in [0.15, 0.2) is 28.9 Å². The SMILES string of the molecule is O=C(c1coc(CN2CCN(Cc3ccc4c(c3)OCCO4)CC2)n1)N1CCCCC1. The second-order valence-corrected chi connectivity index (χ2v) is 8.51. The number of rotatable bonds is 5. The second kappa shape index (κ2) is 9.28. The summed E-state index contributed by atoms with van der Waals surface area (Å²) in [4.78, 5) is 23.7. The monoisotopic (exact) mass is 426 g/mol. The van der Waals surface area contributed by atoms with Crippen LogP contribution in [0.4, 0.5) is 0 Å². The van der Waals surface area contributed by atoms with Crippen molar-refractivity contribution >= 4 is 5.91 Å². The van der Waals surface area contributed by atoms with Crippen molar-refractivity contribution in [1.82, 2.24) is 19.7 Å². The molecule has 5 rings (SSSR count). The molecule has 8 heteroatoms. The van der Waals surface area contributed by atoms with Gasteiger partial charge in [-0.3, -0.25) is 14.6 Å². The summed E-state index contributed by atoms with van der Waals surface area (Å²) < 4.78 is 16.9. The van der Waals surface area contributed by atoms with Crippen LogP contribution >= 0.6 is 0 Å². The van der Waals surface area contributed by atoms with Crippen LogP contribution in [0.3, 0.4) is 0 Å². The van der Waals surface area contributed by atoms with Crippen molar-refractivity contribution in [2.45, 2.75) is 32.4 Å². The van der Waals surface area contributed by atoms with Crippen molar-refractivity contribution < 1.29 is 18.7 Å².